The van der Waals surface area contributed by atoms with E-state index in [1.54, 1.807) is 18.2 Å². The summed E-state index contributed by atoms with van der Waals surface area (Å²) < 4.78 is 19.2. The lowest BCUT2D eigenvalue weighted by Crippen LogP contribution is -2.52. The number of para-hydroxylation sites is 1. The fourth-order valence-electron chi connectivity index (χ4n) is 2.50. The third-order valence-corrected chi connectivity index (χ3v) is 3.51. The first-order chi connectivity index (χ1) is 9.47. The lowest BCUT2D eigenvalue weighted by molar-refractivity contribution is -0.126. The molecule has 0 radical (unpaired) electrons. The number of hydrogen-bond acceptors (Lipinski definition) is 3. The fourth-order valence-corrected chi connectivity index (χ4v) is 2.50. The highest BCUT2D eigenvalue weighted by Gasteiger charge is 2.29. The van der Waals surface area contributed by atoms with Crippen LogP contribution in [-0.4, -0.2) is 42.1 Å². The number of carbonyl (C=O) groups excluding carboxylic acids is 1. The van der Waals surface area contributed by atoms with Crippen molar-refractivity contribution in [3.05, 3.63) is 30.1 Å². The van der Waals surface area contributed by atoms with E-state index >= 15 is 0 Å². The van der Waals surface area contributed by atoms with Gasteiger partial charge in [-0.2, -0.15) is 0 Å². The van der Waals surface area contributed by atoms with Gasteiger partial charge in [-0.25, -0.2) is 4.39 Å². The average Bonchev–Trinajstić information content (AvgIpc) is 2.39. The molecule has 0 aromatic heterocycles. The summed E-state index contributed by atoms with van der Waals surface area (Å²) in [6.45, 7) is 7.22. The van der Waals surface area contributed by atoms with Crippen LogP contribution in [-0.2, 0) is 9.53 Å². The van der Waals surface area contributed by atoms with E-state index in [0.717, 1.165) is 0 Å². The summed E-state index contributed by atoms with van der Waals surface area (Å²) in [6.07, 6.45) is 0.199. The Balaban J connectivity index is 2.00. The second-order valence-electron chi connectivity index (χ2n) is 5.36. The molecule has 2 rings (SSSR count). The largest absolute Gasteiger partial charge is 0.373 e. The molecule has 4 nitrogen and oxygen atoms in total. The number of morpholine rings is 1. The molecule has 1 aliphatic heterocycles. The number of rotatable bonds is 3. The Morgan fingerprint density at radius 3 is 2.55 bits per heavy atom. The molecule has 1 aliphatic rings. The van der Waals surface area contributed by atoms with Gasteiger partial charge in [0.1, 0.15) is 5.82 Å². The van der Waals surface area contributed by atoms with Gasteiger partial charge < -0.3 is 10.1 Å². The highest BCUT2D eigenvalue weighted by Crippen LogP contribution is 2.16. The molecular formula is C15H21FN2O2. The predicted octanol–water partition coefficient (Wildman–Crippen LogP) is 2.26. The maximum absolute atomic E-state index is 13.5. The third-order valence-electron chi connectivity index (χ3n) is 3.51. The SMILES string of the molecule is C[C@@H]1CN([C@H](C)C(=O)Nc2ccccc2F)C[C@H](C)O1. The number of anilines is 1. The summed E-state index contributed by atoms with van der Waals surface area (Å²) in [5.74, 6) is -0.617. The van der Waals surface area contributed by atoms with Gasteiger partial charge >= 0.3 is 0 Å². The summed E-state index contributed by atoms with van der Waals surface area (Å²) >= 11 is 0. The number of benzene rings is 1. The molecule has 1 aromatic rings. The summed E-state index contributed by atoms with van der Waals surface area (Å²) in [4.78, 5) is 14.3. The van der Waals surface area contributed by atoms with Gasteiger partial charge in [-0.3, -0.25) is 9.69 Å². The van der Waals surface area contributed by atoms with Crippen molar-refractivity contribution in [2.45, 2.75) is 39.0 Å². The van der Waals surface area contributed by atoms with Crippen molar-refractivity contribution in [3.8, 4) is 0 Å². The first kappa shape index (κ1) is 14.9. The van der Waals surface area contributed by atoms with Crippen LogP contribution in [0.4, 0.5) is 10.1 Å². The number of nitrogens with one attached hydrogen (secondary N) is 1. The Hall–Kier alpha value is -1.46. The van der Waals surface area contributed by atoms with Crippen LogP contribution in [0, 0.1) is 5.82 Å². The van der Waals surface area contributed by atoms with Crippen molar-refractivity contribution in [1.29, 1.82) is 0 Å². The maximum atomic E-state index is 13.5. The van der Waals surface area contributed by atoms with Gasteiger partial charge in [0.25, 0.3) is 0 Å². The molecule has 1 saturated heterocycles. The number of hydrogen-bond donors (Lipinski definition) is 1. The van der Waals surface area contributed by atoms with Crippen molar-refractivity contribution < 1.29 is 13.9 Å². The quantitative estimate of drug-likeness (QED) is 0.923. The summed E-state index contributed by atoms with van der Waals surface area (Å²) in [7, 11) is 0. The minimum absolute atomic E-state index is 0.0995. The van der Waals surface area contributed by atoms with E-state index in [1.165, 1.54) is 6.07 Å². The molecule has 20 heavy (non-hydrogen) atoms. The fraction of sp³-hybridized carbons (Fsp3) is 0.533. The van der Waals surface area contributed by atoms with Crippen molar-refractivity contribution >= 4 is 11.6 Å². The molecule has 1 amide bonds. The van der Waals surface area contributed by atoms with Gasteiger partial charge in [-0.05, 0) is 32.9 Å². The van der Waals surface area contributed by atoms with Crippen molar-refractivity contribution in [3.63, 3.8) is 0 Å². The van der Waals surface area contributed by atoms with Crippen LogP contribution in [0.1, 0.15) is 20.8 Å². The van der Waals surface area contributed by atoms with Crippen LogP contribution >= 0.6 is 0 Å². The summed E-state index contributed by atoms with van der Waals surface area (Å²) in [5, 5.41) is 2.64. The van der Waals surface area contributed by atoms with Crippen LogP contribution in [0.5, 0.6) is 0 Å². The molecule has 1 aromatic carbocycles. The zero-order valence-electron chi connectivity index (χ0n) is 12.1. The average molecular weight is 280 g/mol. The van der Waals surface area contributed by atoms with E-state index in [0.29, 0.717) is 13.1 Å². The molecule has 0 aliphatic carbocycles. The smallest absolute Gasteiger partial charge is 0.241 e. The van der Waals surface area contributed by atoms with Gasteiger partial charge in [-0.1, -0.05) is 12.1 Å². The number of ether oxygens (including phenoxy) is 1. The predicted molar refractivity (Wildman–Crippen MR) is 76.1 cm³/mol. The first-order valence-corrected chi connectivity index (χ1v) is 6.92. The summed E-state index contributed by atoms with van der Waals surface area (Å²) in [5.41, 5.74) is 0.221. The monoisotopic (exact) mass is 280 g/mol. The van der Waals surface area contributed by atoms with Crippen LogP contribution in [0.3, 0.4) is 0 Å². The molecular weight excluding hydrogens is 259 g/mol. The molecule has 0 saturated carbocycles. The van der Waals surface area contributed by atoms with Gasteiger partial charge in [0.05, 0.1) is 23.9 Å². The second-order valence-corrected chi connectivity index (χ2v) is 5.36. The summed E-state index contributed by atoms with van der Waals surface area (Å²) in [6, 6.07) is 5.87. The molecule has 0 bridgehead atoms. The van der Waals surface area contributed by atoms with Gasteiger partial charge in [-0.15, -0.1) is 0 Å². The number of halogens is 1. The molecule has 0 spiro atoms. The first-order valence-electron chi connectivity index (χ1n) is 6.92. The normalized spacial score (nSPS) is 25.2. The standard InChI is InChI=1S/C15H21FN2O2/c1-10-8-18(9-11(2)20-10)12(3)15(19)17-14-7-5-4-6-13(14)16/h4-7,10-12H,8-9H2,1-3H3,(H,17,19)/t10-,11+,12-/m1/s1. The van der Waals surface area contributed by atoms with E-state index in [1.807, 2.05) is 20.8 Å². The molecule has 0 unspecified atom stereocenters. The van der Waals surface area contributed by atoms with Crippen molar-refractivity contribution in [1.82, 2.24) is 4.90 Å². The lowest BCUT2D eigenvalue weighted by Gasteiger charge is -2.38. The Morgan fingerprint density at radius 2 is 1.95 bits per heavy atom. The Bertz CT molecular complexity index is 471. The second kappa shape index (κ2) is 6.33. The third kappa shape index (κ3) is 3.55. The lowest BCUT2D eigenvalue weighted by atomic mass is 10.1. The van der Waals surface area contributed by atoms with Gasteiger partial charge in [0.15, 0.2) is 0 Å². The molecule has 110 valence electrons. The van der Waals surface area contributed by atoms with E-state index < -0.39 is 5.82 Å². The van der Waals surface area contributed by atoms with E-state index in [2.05, 4.69) is 10.2 Å². The van der Waals surface area contributed by atoms with Crippen molar-refractivity contribution in [2.24, 2.45) is 0 Å². The van der Waals surface area contributed by atoms with Crippen LogP contribution in [0.25, 0.3) is 0 Å². The molecule has 1 N–H and O–H groups in total. The van der Waals surface area contributed by atoms with Gasteiger partial charge in [0.2, 0.25) is 5.91 Å². The minimum atomic E-state index is -0.420. The number of amides is 1. The Kier molecular flexibility index (Phi) is 4.73. The molecule has 3 atom stereocenters. The minimum Gasteiger partial charge on any atom is -0.373 e. The van der Waals surface area contributed by atoms with Crippen LogP contribution in [0.15, 0.2) is 24.3 Å². The highest BCUT2D eigenvalue weighted by atomic mass is 19.1. The van der Waals surface area contributed by atoms with Crippen LogP contribution in [0.2, 0.25) is 0 Å². The van der Waals surface area contributed by atoms with Crippen molar-refractivity contribution in [2.75, 3.05) is 18.4 Å². The van der Waals surface area contributed by atoms with E-state index in [4.69, 9.17) is 4.74 Å². The number of carbonyl (C=O) groups is 1. The van der Waals surface area contributed by atoms with Gasteiger partial charge in [0, 0.05) is 13.1 Å². The molecule has 1 fully saturated rings. The Morgan fingerprint density at radius 1 is 1.35 bits per heavy atom. The zero-order chi connectivity index (χ0) is 14.7. The molecule has 1 heterocycles. The highest BCUT2D eigenvalue weighted by molar-refractivity contribution is 5.94. The van der Waals surface area contributed by atoms with E-state index in [-0.39, 0.29) is 29.8 Å². The van der Waals surface area contributed by atoms with E-state index in [9.17, 15) is 9.18 Å². The number of nitrogens with zero attached hydrogens (tertiary/aromatic N) is 1. The zero-order valence-corrected chi connectivity index (χ0v) is 12.1. The Labute approximate surface area is 118 Å². The maximum Gasteiger partial charge on any atom is 0.241 e. The topological polar surface area (TPSA) is 41.6 Å². The van der Waals surface area contributed by atoms with Crippen LogP contribution < -0.4 is 5.32 Å². The molecule has 5 heteroatoms.